The Hall–Kier alpha value is -1.02. The van der Waals surface area contributed by atoms with Gasteiger partial charge in [-0.3, -0.25) is 0 Å². The van der Waals surface area contributed by atoms with Gasteiger partial charge in [0.1, 0.15) is 11.9 Å². The van der Waals surface area contributed by atoms with E-state index >= 15 is 0 Å². The standard InChI is InChI=1S/C17H21NO/c1-4-11-10-13-12-5-2-7-15-17(12,8-3-9-18-13)16(11)14(6-1)19-15/h1,4,6,12-13,15,18H,2-3,5,7-10H2. The van der Waals surface area contributed by atoms with E-state index in [0.29, 0.717) is 17.6 Å². The molecule has 2 aliphatic carbocycles. The topological polar surface area (TPSA) is 21.3 Å². The van der Waals surface area contributed by atoms with Crippen LogP contribution in [0.2, 0.25) is 0 Å². The molecule has 1 aromatic carbocycles. The van der Waals surface area contributed by atoms with Crippen molar-refractivity contribution in [2.45, 2.75) is 56.1 Å². The monoisotopic (exact) mass is 255 g/mol. The summed E-state index contributed by atoms with van der Waals surface area (Å²) in [5.41, 5.74) is 3.54. The lowest BCUT2D eigenvalue weighted by atomic mass is 9.54. The predicted octanol–water partition coefficient (Wildman–Crippen LogP) is 2.79. The van der Waals surface area contributed by atoms with Crippen molar-refractivity contribution in [3.05, 3.63) is 29.3 Å². The molecule has 4 atom stereocenters. The maximum absolute atomic E-state index is 6.41. The van der Waals surface area contributed by atoms with E-state index in [1.54, 1.807) is 11.1 Å². The third-order valence-electron chi connectivity index (χ3n) is 6.16. The molecule has 19 heavy (non-hydrogen) atoms. The highest BCUT2D eigenvalue weighted by Crippen LogP contribution is 2.60. The van der Waals surface area contributed by atoms with E-state index in [9.17, 15) is 0 Å². The zero-order chi connectivity index (χ0) is 12.4. The van der Waals surface area contributed by atoms with Crippen LogP contribution in [-0.4, -0.2) is 18.7 Å². The molecular formula is C17H21NO. The molecule has 4 aliphatic rings. The van der Waals surface area contributed by atoms with Crippen molar-refractivity contribution in [1.82, 2.24) is 5.32 Å². The molecule has 1 N–H and O–H groups in total. The molecule has 2 nitrogen and oxygen atoms in total. The number of ether oxygens (including phenoxy) is 1. The van der Waals surface area contributed by atoms with Crippen LogP contribution in [0.1, 0.15) is 43.2 Å². The lowest BCUT2D eigenvalue weighted by Gasteiger charge is -2.50. The minimum absolute atomic E-state index is 0.358. The second-order valence-electron chi connectivity index (χ2n) is 6.84. The summed E-state index contributed by atoms with van der Waals surface area (Å²) in [5, 5.41) is 3.84. The Kier molecular flexibility index (Phi) is 2.00. The molecule has 2 fully saturated rings. The van der Waals surface area contributed by atoms with E-state index in [-0.39, 0.29) is 0 Å². The fourth-order valence-electron chi connectivity index (χ4n) is 5.61. The molecule has 5 rings (SSSR count). The van der Waals surface area contributed by atoms with Crippen LogP contribution in [0.15, 0.2) is 18.2 Å². The summed E-state index contributed by atoms with van der Waals surface area (Å²) in [4.78, 5) is 0. The highest BCUT2D eigenvalue weighted by molar-refractivity contribution is 5.54. The SMILES string of the molecule is c1cc2c3c(c1)OC1CCCC4C(C2)NCCCC314. The fraction of sp³-hybridized carbons (Fsp3) is 0.647. The Morgan fingerprint density at radius 3 is 3.21 bits per heavy atom. The fourth-order valence-corrected chi connectivity index (χ4v) is 5.61. The van der Waals surface area contributed by atoms with Crippen LogP contribution >= 0.6 is 0 Å². The Labute approximate surface area is 114 Å². The molecule has 2 heterocycles. The van der Waals surface area contributed by atoms with Gasteiger partial charge in [0, 0.05) is 17.0 Å². The Morgan fingerprint density at radius 2 is 2.21 bits per heavy atom. The zero-order valence-electron chi connectivity index (χ0n) is 11.3. The van der Waals surface area contributed by atoms with Crippen molar-refractivity contribution in [2.75, 3.05) is 6.54 Å². The molecule has 2 aliphatic heterocycles. The zero-order valence-corrected chi connectivity index (χ0v) is 11.3. The summed E-state index contributed by atoms with van der Waals surface area (Å²) in [6, 6.07) is 7.43. The molecule has 1 spiro atoms. The Bertz CT molecular complexity index is 540. The van der Waals surface area contributed by atoms with Gasteiger partial charge >= 0.3 is 0 Å². The summed E-state index contributed by atoms with van der Waals surface area (Å²) in [7, 11) is 0. The maximum Gasteiger partial charge on any atom is 0.123 e. The summed E-state index contributed by atoms with van der Waals surface area (Å²) >= 11 is 0. The molecule has 1 aromatic rings. The summed E-state index contributed by atoms with van der Waals surface area (Å²) in [6.07, 6.45) is 8.31. The normalized spacial score (nSPS) is 42.2. The lowest BCUT2D eigenvalue weighted by Crippen LogP contribution is -2.56. The second kappa shape index (κ2) is 3.54. The van der Waals surface area contributed by atoms with E-state index in [4.69, 9.17) is 4.74 Å². The summed E-state index contributed by atoms with van der Waals surface area (Å²) < 4.78 is 6.41. The predicted molar refractivity (Wildman–Crippen MR) is 74.6 cm³/mol. The van der Waals surface area contributed by atoms with Crippen molar-refractivity contribution in [1.29, 1.82) is 0 Å². The highest BCUT2D eigenvalue weighted by atomic mass is 16.5. The average Bonchev–Trinajstić information content (AvgIpc) is 2.70. The number of rotatable bonds is 0. The van der Waals surface area contributed by atoms with Crippen LogP contribution in [0.25, 0.3) is 0 Å². The molecule has 0 amide bonds. The van der Waals surface area contributed by atoms with E-state index in [0.717, 1.165) is 5.92 Å². The summed E-state index contributed by atoms with van der Waals surface area (Å²) in [5.74, 6) is 2.03. The molecule has 4 unspecified atom stereocenters. The number of hydrogen-bond acceptors (Lipinski definition) is 2. The van der Waals surface area contributed by atoms with Crippen LogP contribution in [-0.2, 0) is 11.8 Å². The van der Waals surface area contributed by atoms with Crippen LogP contribution in [0.3, 0.4) is 0 Å². The summed E-state index contributed by atoms with van der Waals surface area (Å²) in [6.45, 7) is 1.19. The van der Waals surface area contributed by atoms with Crippen molar-refractivity contribution < 1.29 is 4.74 Å². The first-order chi connectivity index (χ1) is 9.39. The van der Waals surface area contributed by atoms with Crippen LogP contribution < -0.4 is 10.1 Å². The molecule has 100 valence electrons. The molecule has 2 heteroatoms. The van der Waals surface area contributed by atoms with Crippen molar-refractivity contribution in [3.8, 4) is 5.75 Å². The smallest absolute Gasteiger partial charge is 0.123 e. The minimum Gasteiger partial charge on any atom is -0.489 e. The van der Waals surface area contributed by atoms with Crippen molar-refractivity contribution >= 4 is 0 Å². The van der Waals surface area contributed by atoms with Gasteiger partial charge in [0.2, 0.25) is 0 Å². The molecule has 0 aromatic heterocycles. The van der Waals surface area contributed by atoms with Gasteiger partial charge < -0.3 is 10.1 Å². The van der Waals surface area contributed by atoms with Crippen molar-refractivity contribution in [2.24, 2.45) is 5.92 Å². The lowest BCUT2D eigenvalue weighted by molar-refractivity contribution is 0.0316. The van der Waals surface area contributed by atoms with Gasteiger partial charge in [-0.05, 0) is 62.6 Å². The maximum atomic E-state index is 6.41. The first-order valence-electron chi connectivity index (χ1n) is 7.92. The van der Waals surface area contributed by atoms with Gasteiger partial charge in [-0.25, -0.2) is 0 Å². The Morgan fingerprint density at radius 1 is 1.21 bits per heavy atom. The molecule has 0 radical (unpaired) electrons. The quantitative estimate of drug-likeness (QED) is 0.769. The average molecular weight is 255 g/mol. The van der Waals surface area contributed by atoms with Crippen LogP contribution in [0, 0.1) is 5.92 Å². The Balaban J connectivity index is 1.81. The molecule has 1 saturated carbocycles. The van der Waals surface area contributed by atoms with Gasteiger partial charge in [0.05, 0.1) is 0 Å². The number of benzene rings is 1. The second-order valence-corrected chi connectivity index (χ2v) is 6.84. The van der Waals surface area contributed by atoms with Gasteiger partial charge in [-0.2, -0.15) is 0 Å². The molecular weight excluding hydrogens is 234 g/mol. The van der Waals surface area contributed by atoms with Gasteiger partial charge in [-0.1, -0.05) is 12.1 Å². The van der Waals surface area contributed by atoms with E-state index in [1.165, 1.54) is 50.8 Å². The van der Waals surface area contributed by atoms with Gasteiger partial charge in [-0.15, -0.1) is 0 Å². The largest absolute Gasteiger partial charge is 0.489 e. The molecule has 2 bridgehead atoms. The van der Waals surface area contributed by atoms with Crippen LogP contribution in [0.4, 0.5) is 0 Å². The third-order valence-corrected chi connectivity index (χ3v) is 6.16. The highest BCUT2D eigenvalue weighted by Gasteiger charge is 2.60. The first-order valence-corrected chi connectivity index (χ1v) is 7.92. The van der Waals surface area contributed by atoms with E-state index in [2.05, 4.69) is 23.5 Å². The van der Waals surface area contributed by atoms with E-state index in [1.807, 2.05) is 0 Å². The van der Waals surface area contributed by atoms with E-state index < -0.39 is 0 Å². The number of hydrogen-bond donors (Lipinski definition) is 1. The van der Waals surface area contributed by atoms with Gasteiger partial charge in [0.15, 0.2) is 0 Å². The number of nitrogens with one attached hydrogen (secondary N) is 1. The third kappa shape index (κ3) is 1.17. The van der Waals surface area contributed by atoms with Crippen molar-refractivity contribution in [3.63, 3.8) is 0 Å². The van der Waals surface area contributed by atoms with Crippen LogP contribution in [0.5, 0.6) is 5.75 Å². The first kappa shape index (κ1) is 10.7. The minimum atomic E-state index is 0.358. The van der Waals surface area contributed by atoms with Gasteiger partial charge in [0.25, 0.3) is 0 Å². The molecule has 1 saturated heterocycles.